The number of nitrogens with one attached hydrogen (secondary N) is 3. The second-order valence-electron chi connectivity index (χ2n) is 20.8. The van der Waals surface area contributed by atoms with E-state index in [4.69, 9.17) is 14.5 Å². The van der Waals surface area contributed by atoms with Crippen LogP contribution >= 0.6 is 0 Å². The molecular formula is C52H64N10O7S. The number of nitrogens with zero attached hydrogens (tertiary/aromatic N) is 7. The van der Waals surface area contributed by atoms with Crippen LogP contribution in [0, 0.1) is 15.5 Å². The summed E-state index contributed by atoms with van der Waals surface area (Å²) in [7, 11) is -2.57. The van der Waals surface area contributed by atoms with Gasteiger partial charge in [-0.15, -0.1) is 0 Å². The van der Waals surface area contributed by atoms with Gasteiger partial charge in [0.05, 0.1) is 33.7 Å². The van der Waals surface area contributed by atoms with Crippen LogP contribution in [0.4, 0.5) is 28.4 Å². The lowest BCUT2D eigenvalue weighted by molar-refractivity contribution is -0.384. The highest BCUT2D eigenvalue weighted by Crippen LogP contribution is 2.54. The number of hydrogen-bond acceptors (Lipinski definition) is 14. The minimum absolute atomic E-state index is 0.0415. The Bertz CT molecular complexity index is 2900. The summed E-state index contributed by atoms with van der Waals surface area (Å²) in [6.07, 6.45) is 9.43. The minimum atomic E-state index is -4.65. The molecular weight excluding hydrogens is 909 g/mol. The number of amides is 1. The van der Waals surface area contributed by atoms with Crippen molar-refractivity contribution in [1.82, 2.24) is 29.4 Å². The van der Waals surface area contributed by atoms with Crippen LogP contribution in [0.3, 0.4) is 0 Å². The van der Waals surface area contributed by atoms with Gasteiger partial charge in [0, 0.05) is 93.8 Å². The average Bonchev–Trinajstić information content (AvgIpc) is 3.98. The van der Waals surface area contributed by atoms with E-state index in [-0.39, 0.29) is 29.6 Å². The van der Waals surface area contributed by atoms with Gasteiger partial charge in [-0.3, -0.25) is 24.7 Å². The molecule has 0 unspecified atom stereocenters. The number of likely N-dealkylation sites (N-methyl/N-ethyl adjacent to an activating group) is 1. The fourth-order valence-electron chi connectivity index (χ4n) is 12.1. The monoisotopic (exact) mass is 972 g/mol. The molecule has 1 aliphatic carbocycles. The number of piperidine rings is 1. The topological polar surface area (TPSA) is 182 Å². The van der Waals surface area contributed by atoms with Crippen molar-refractivity contribution >= 4 is 55.4 Å². The van der Waals surface area contributed by atoms with Gasteiger partial charge in [0.15, 0.2) is 11.4 Å². The van der Waals surface area contributed by atoms with Crippen molar-refractivity contribution in [1.29, 1.82) is 0 Å². The maximum atomic E-state index is 14.6. The first-order chi connectivity index (χ1) is 33.8. The van der Waals surface area contributed by atoms with E-state index in [0.717, 1.165) is 75.8 Å². The van der Waals surface area contributed by atoms with Gasteiger partial charge in [-0.25, -0.2) is 13.1 Å². The molecule has 3 saturated heterocycles. The SMILES string of the molecule is CC(C)c1ccccc1[C@@H]1CCCN1C1CC2(CCN(c3ccc(C(=O)NS(=O)(=O)c4cc5c(c([N+](=O)[O-])c4)N[C@H](CN4CCN(C)CC4)CO5)c(N4CCCOc5nc6[nH]ccc6cc54)c3)CC2)C1. The van der Waals surface area contributed by atoms with Gasteiger partial charge < -0.3 is 34.5 Å². The standard InChI is InChI=1S/C52H64N10O7S/c1-34(2)40-8-4-5-9-41(40)43-10-6-17-60(43)38-30-52(31-38)14-19-59(20-15-52)37-11-12-42(44(27-37)61-18-7-25-68-51-46(61)26-35-13-16-53-49(35)55-51)50(63)56-70(66,67)39-28-45(62(64)65)48-47(29-39)69-33-36(54-48)32-58-23-21-57(3)22-24-58/h4-5,8-9,11-13,16,26-29,34,36,38,43,54H,6-7,10,14-15,17-25,30-33H2,1-3H3,(H,53,55)(H,56,63)/t36-,43+/m1/s1. The van der Waals surface area contributed by atoms with E-state index in [1.165, 1.54) is 42.9 Å². The molecule has 4 fully saturated rings. The van der Waals surface area contributed by atoms with Crippen molar-refractivity contribution in [2.24, 2.45) is 5.41 Å². The van der Waals surface area contributed by atoms with Crippen molar-refractivity contribution in [3.63, 3.8) is 0 Å². The molecule has 5 aliphatic heterocycles. The maximum absolute atomic E-state index is 14.6. The number of ether oxygens (including phenoxy) is 2. The smallest absolute Gasteiger partial charge is 0.297 e. The molecule has 3 aromatic carbocycles. The molecule has 7 heterocycles. The number of sulfonamides is 1. The maximum Gasteiger partial charge on any atom is 0.297 e. The molecule has 70 heavy (non-hydrogen) atoms. The predicted octanol–water partition coefficient (Wildman–Crippen LogP) is 7.64. The zero-order valence-corrected chi connectivity index (χ0v) is 41.2. The summed E-state index contributed by atoms with van der Waals surface area (Å²) in [5, 5.41) is 16.6. The van der Waals surface area contributed by atoms with Gasteiger partial charge in [0.25, 0.3) is 21.6 Å². The number of rotatable bonds is 11. The van der Waals surface area contributed by atoms with Crippen molar-refractivity contribution in [3.8, 4) is 11.6 Å². The highest BCUT2D eigenvalue weighted by Gasteiger charge is 2.50. The molecule has 1 spiro atoms. The molecule has 0 bridgehead atoms. The Morgan fingerprint density at radius 3 is 2.53 bits per heavy atom. The number of pyridine rings is 1. The second kappa shape index (κ2) is 18.7. The van der Waals surface area contributed by atoms with Crippen LogP contribution in [0.5, 0.6) is 11.6 Å². The largest absolute Gasteiger partial charge is 0.489 e. The normalized spacial score (nSPS) is 22.2. The van der Waals surface area contributed by atoms with Crippen LogP contribution < -0.4 is 29.3 Å². The van der Waals surface area contributed by atoms with Crippen LogP contribution in [-0.4, -0.2) is 135 Å². The molecule has 5 aromatic rings. The third-order valence-corrected chi connectivity index (χ3v) is 17.3. The third-order valence-electron chi connectivity index (χ3n) is 16.0. The Morgan fingerprint density at radius 1 is 0.943 bits per heavy atom. The van der Waals surface area contributed by atoms with E-state index in [1.807, 2.05) is 35.4 Å². The van der Waals surface area contributed by atoms with Crippen LogP contribution in [0.25, 0.3) is 11.0 Å². The quantitative estimate of drug-likeness (QED) is 0.0868. The number of aromatic nitrogens is 2. The number of H-pyrrole nitrogens is 1. The Morgan fingerprint density at radius 2 is 1.74 bits per heavy atom. The van der Waals surface area contributed by atoms with E-state index in [1.54, 1.807) is 6.07 Å². The number of carbonyl (C=O) groups is 1. The summed E-state index contributed by atoms with van der Waals surface area (Å²) >= 11 is 0. The second-order valence-corrected chi connectivity index (χ2v) is 22.5. The van der Waals surface area contributed by atoms with E-state index < -0.39 is 31.4 Å². The highest BCUT2D eigenvalue weighted by atomic mass is 32.2. The lowest BCUT2D eigenvalue weighted by atomic mass is 9.59. The molecule has 11 rings (SSSR count). The summed E-state index contributed by atoms with van der Waals surface area (Å²) < 4.78 is 42.9. The number of anilines is 4. The predicted molar refractivity (Wildman–Crippen MR) is 270 cm³/mol. The molecule has 1 amide bonds. The van der Waals surface area contributed by atoms with Gasteiger partial charge in [0.2, 0.25) is 5.88 Å². The van der Waals surface area contributed by atoms with E-state index in [9.17, 15) is 23.3 Å². The van der Waals surface area contributed by atoms with Crippen molar-refractivity contribution in [2.75, 3.05) is 94.3 Å². The van der Waals surface area contributed by atoms with Crippen LogP contribution in [0.1, 0.15) is 92.2 Å². The van der Waals surface area contributed by atoms with Crippen LogP contribution in [-0.2, 0) is 10.0 Å². The fraction of sp³-hybridized carbons (Fsp3) is 0.500. The van der Waals surface area contributed by atoms with Crippen LogP contribution in [0.15, 0.2) is 77.8 Å². The number of benzene rings is 3. The first kappa shape index (κ1) is 46.4. The molecule has 370 valence electrons. The van der Waals surface area contributed by atoms with E-state index in [2.05, 4.69) is 79.8 Å². The number of nitro benzene ring substituents is 1. The van der Waals surface area contributed by atoms with Gasteiger partial charge in [-0.1, -0.05) is 38.1 Å². The van der Waals surface area contributed by atoms with Crippen molar-refractivity contribution < 1.29 is 27.6 Å². The summed E-state index contributed by atoms with van der Waals surface area (Å²) in [6.45, 7) is 12.7. The molecule has 18 heteroatoms. The van der Waals surface area contributed by atoms with Crippen molar-refractivity contribution in [2.45, 2.75) is 87.7 Å². The zero-order chi connectivity index (χ0) is 48.3. The Balaban J connectivity index is 0.843. The summed E-state index contributed by atoms with van der Waals surface area (Å²) in [4.78, 5) is 45.7. The zero-order valence-electron chi connectivity index (χ0n) is 40.4. The molecule has 2 atom stereocenters. The van der Waals surface area contributed by atoms with Gasteiger partial charge in [-0.2, -0.15) is 4.98 Å². The Hall–Kier alpha value is -5.95. The lowest BCUT2D eigenvalue weighted by Crippen LogP contribution is -2.55. The Kier molecular flexibility index (Phi) is 12.4. The fourth-order valence-corrected chi connectivity index (χ4v) is 13.1. The molecule has 2 aromatic heterocycles. The van der Waals surface area contributed by atoms with Crippen molar-refractivity contribution in [3.05, 3.63) is 99.7 Å². The first-order valence-corrected chi connectivity index (χ1v) is 26.6. The summed E-state index contributed by atoms with van der Waals surface area (Å²) in [6, 6.07) is 21.6. The number of nitro groups is 1. The number of fused-ring (bicyclic) bond motifs is 3. The third kappa shape index (κ3) is 8.92. The number of hydrogen-bond donors (Lipinski definition) is 3. The van der Waals surface area contributed by atoms with E-state index in [0.29, 0.717) is 72.4 Å². The summed E-state index contributed by atoms with van der Waals surface area (Å²) in [5.74, 6) is 0.0715. The van der Waals surface area contributed by atoms with Crippen LogP contribution in [0.2, 0.25) is 0 Å². The molecule has 0 radical (unpaired) electrons. The summed E-state index contributed by atoms with van der Waals surface area (Å²) in [5.41, 5.74) is 5.85. The lowest BCUT2D eigenvalue weighted by Gasteiger charge is -2.56. The van der Waals surface area contributed by atoms with Gasteiger partial charge in [-0.05, 0) is 111 Å². The molecule has 6 aliphatic rings. The number of likely N-dealkylation sites (tertiary alicyclic amines) is 1. The number of piperazine rings is 1. The minimum Gasteiger partial charge on any atom is -0.489 e. The Labute approximate surface area is 409 Å². The average molecular weight is 973 g/mol. The number of carbonyl (C=O) groups excluding carboxylic acids is 1. The van der Waals surface area contributed by atoms with Gasteiger partial charge >= 0.3 is 0 Å². The number of aromatic amines is 1. The molecule has 17 nitrogen and oxygen atoms in total. The van der Waals surface area contributed by atoms with Gasteiger partial charge in [0.1, 0.15) is 17.9 Å². The van der Waals surface area contributed by atoms with E-state index >= 15 is 0 Å². The first-order valence-electron chi connectivity index (χ1n) is 25.1. The molecule has 1 saturated carbocycles. The highest BCUT2D eigenvalue weighted by molar-refractivity contribution is 7.90. The molecule has 3 N–H and O–H groups in total.